The maximum atomic E-state index is 3.78. The van der Waals surface area contributed by atoms with E-state index in [0.717, 1.165) is 5.70 Å². The first kappa shape index (κ1) is 9.02. The van der Waals surface area contributed by atoms with Gasteiger partial charge in [0.2, 0.25) is 0 Å². The Hall–Kier alpha value is -0.980. The summed E-state index contributed by atoms with van der Waals surface area (Å²) in [5.41, 5.74) is 1.03. The molecule has 0 saturated carbocycles. The van der Waals surface area contributed by atoms with Gasteiger partial charge in [-0.15, -0.1) is 0 Å². The number of likely N-dealkylation sites (N-methyl/N-ethyl adjacent to an activating group) is 1. The average Bonchev–Trinajstić information content (AvgIpc) is 2.00. The highest BCUT2D eigenvalue weighted by Gasteiger charge is 1.93. The molecule has 0 bridgehead atoms. The molecule has 1 aliphatic heterocycles. The predicted molar refractivity (Wildman–Crippen MR) is 46.5 cm³/mol. The van der Waals surface area contributed by atoms with E-state index >= 15 is 0 Å². The van der Waals surface area contributed by atoms with Gasteiger partial charge in [0, 0.05) is 18.9 Å². The normalized spacial score (nSPS) is 14.7. The summed E-state index contributed by atoms with van der Waals surface area (Å²) >= 11 is 0. The van der Waals surface area contributed by atoms with Gasteiger partial charge < -0.3 is 4.90 Å². The van der Waals surface area contributed by atoms with Crippen molar-refractivity contribution in [1.29, 1.82) is 0 Å². The summed E-state index contributed by atoms with van der Waals surface area (Å²) in [5.74, 6) is 0. The Bertz CT molecular complexity index is 154. The van der Waals surface area contributed by atoms with Crippen LogP contribution in [0.4, 0.5) is 0 Å². The smallest absolute Gasteiger partial charge is 0.0330 e. The van der Waals surface area contributed by atoms with Crippen molar-refractivity contribution < 1.29 is 0 Å². The fourth-order valence-corrected chi connectivity index (χ4v) is 0.559. The Labute approximate surface area is 63.3 Å². The van der Waals surface area contributed by atoms with Crippen LogP contribution < -0.4 is 0 Å². The molecule has 1 heteroatoms. The predicted octanol–water partition coefficient (Wildman–Crippen LogP) is 2.54. The van der Waals surface area contributed by atoms with Crippen molar-refractivity contribution in [3.63, 3.8) is 0 Å². The Morgan fingerprint density at radius 2 is 1.90 bits per heavy atom. The molecule has 0 aromatic rings. The molecule has 0 atom stereocenters. The molecule has 0 aliphatic carbocycles. The molecule has 0 unspecified atom stereocenters. The van der Waals surface area contributed by atoms with Crippen LogP contribution in [0.2, 0.25) is 0 Å². The molecule has 0 saturated heterocycles. The molecule has 0 amide bonds. The van der Waals surface area contributed by atoms with Gasteiger partial charge in [-0.2, -0.15) is 0 Å². The molecule has 0 N–H and O–H groups in total. The highest BCUT2D eigenvalue weighted by atomic mass is 15.1. The quantitative estimate of drug-likeness (QED) is 0.496. The Balaban J connectivity index is 0.000000371. The monoisotopic (exact) mass is 137 g/mol. The van der Waals surface area contributed by atoms with E-state index in [4.69, 9.17) is 0 Å². The fraction of sp³-hybridized carbons (Fsp3) is 0.333. The first-order valence-electron chi connectivity index (χ1n) is 3.57. The van der Waals surface area contributed by atoms with E-state index in [-0.39, 0.29) is 0 Å². The molecule has 0 radical (unpaired) electrons. The van der Waals surface area contributed by atoms with Gasteiger partial charge in [0.1, 0.15) is 0 Å². The maximum Gasteiger partial charge on any atom is 0.0330 e. The summed E-state index contributed by atoms with van der Waals surface area (Å²) in [6, 6.07) is 0. The van der Waals surface area contributed by atoms with E-state index in [0.29, 0.717) is 0 Å². The van der Waals surface area contributed by atoms with Gasteiger partial charge in [0.25, 0.3) is 0 Å². The van der Waals surface area contributed by atoms with E-state index in [1.165, 1.54) is 0 Å². The van der Waals surface area contributed by atoms with Crippen molar-refractivity contribution in [2.75, 3.05) is 7.05 Å². The number of hydrogen-bond acceptors (Lipinski definition) is 1. The minimum atomic E-state index is 1.03. The second-order valence-electron chi connectivity index (χ2n) is 1.80. The summed E-state index contributed by atoms with van der Waals surface area (Å²) < 4.78 is 0. The molecule has 1 aliphatic rings. The van der Waals surface area contributed by atoms with E-state index in [9.17, 15) is 0 Å². The second kappa shape index (κ2) is 4.86. The molecule has 1 rings (SSSR count). The lowest BCUT2D eigenvalue weighted by Crippen LogP contribution is -2.08. The number of rotatable bonds is 0. The van der Waals surface area contributed by atoms with Crippen molar-refractivity contribution in [3.8, 4) is 0 Å². The third kappa shape index (κ3) is 2.53. The van der Waals surface area contributed by atoms with E-state index < -0.39 is 0 Å². The molecular formula is C9H15N. The minimum absolute atomic E-state index is 1.03. The number of allylic oxidation sites excluding steroid dienone is 3. The summed E-state index contributed by atoms with van der Waals surface area (Å²) in [6.07, 6.45) is 7.90. The number of hydrogen-bond donors (Lipinski definition) is 0. The average molecular weight is 137 g/mol. The topological polar surface area (TPSA) is 3.24 Å². The van der Waals surface area contributed by atoms with Crippen LogP contribution in [0, 0.1) is 0 Å². The Kier molecular flexibility index (Phi) is 4.38. The lowest BCUT2D eigenvalue weighted by atomic mass is 10.3. The van der Waals surface area contributed by atoms with Crippen molar-refractivity contribution in [2.24, 2.45) is 0 Å². The van der Waals surface area contributed by atoms with Crippen molar-refractivity contribution >= 4 is 0 Å². The summed E-state index contributed by atoms with van der Waals surface area (Å²) in [5, 5.41) is 0. The first-order valence-corrected chi connectivity index (χ1v) is 3.57. The fourth-order valence-electron chi connectivity index (χ4n) is 0.559. The first-order chi connectivity index (χ1) is 4.80. The van der Waals surface area contributed by atoms with Gasteiger partial charge in [-0.3, -0.25) is 0 Å². The van der Waals surface area contributed by atoms with Gasteiger partial charge in [-0.05, 0) is 12.2 Å². The van der Waals surface area contributed by atoms with E-state index in [2.05, 4.69) is 6.58 Å². The zero-order valence-electron chi connectivity index (χ0n) is 6.96. The molecular weight excluding hydrogens is 122 g/mol. The highest BCUT2D eigenvalue weighted by Crippen LogP contribution is 2.04. The lowest BCUT2D eigenvalue weighted by molar-refractivity contribution is 0.587. The van der Waals surface area contributed by atoms with Crippen molar-refractivity contribution in [2.45, 2.75) is 13.8 Å². The second-order valence-corrected chi connectivity index (χ2v) is 1.80. The molecule has 0 aromatic heterocycles. The molecule has 1 nitrogen and oxygen atoms in total. The van der Waals surface area contributed by atoms with Gasteiger partial charge in [-0.1, -0.05) is 26.5 Å². The van der Waals surface area contributed by atoms with Crippen LogP contribution in [0.15, 0.2) is 36.7 Å². The third-order valence-corrected chi connectivity index (χ3v) is 1.16. The summed E-state index contributed by atoms with van der Waals surface area (Å²) in [6.45, 7) is 7.78. The van der Waals surface area contributed by atoms with Crippen LogP contribution in [0.3, 0.4) is 0 Å². The third-order valence-electron chi connectivity index (χ3n) is 1.16. The van der Waals surface area contributed by atoms with Gasteiger partial charge in [0.05, 0.1) is 0 Å². The van der Waals surface area contributed by atoms with Gasteiger partial charge in [0.15, 0.2) is 0 Å². The molecule has 0 spiro atoms. The largest absolute Gasteiger partial charge is 0.352 e. The highest BCUT2D eigenvalue weighted by molar-refractivity contribution is 5.24. The van der Waals surface area contributed by atoms with Crippen LogP contribution >= 0.6 is 0 Å². The zero-order chi connectivity index (χ0) is 7.98. The SMILES string of the molecule is C=C1C=CC=CN1C.CC. The van der Waals surface area contributed by atoms with E-state index in [1.807, 2.05) is 50.2 Å². The summed E-state index contributed by atoms with van der Waals surface area (Å²) in [7, 11) is 1.97. The van der Waals surface area contributed by atoms with Crippen LogP contribution in [0.5, 0.6) is 0 Å². The molecule has 1 heterocycles. The van der Waals surface area contributed by atoms with Crippen molar-refractivity contribution in [3.05, 3.63) is 36.7 Å². The Morgan fingerprint density at radius 1 is 1.30 bits per heavy atom. The van der Waals surface area contributed by atoms with Gasteiger partial charge >= 0.3 is 0 Å². The molecule has 0 fully saturated rings. The zero-order valence-corrected chi connectivity index (χ0v) is 6.96. The van der Waals surface area contributed by atoms with Crippen LogP contribution in [-0.2, 0) is 0 Å². The Morgan fingerprint density at radius 3 is 2.20 bits per heavy atom. The molecule has 10 heavy (non-hydrogen) atoms. The van der Waals surface area contributed by atoms with Gasteiger partial charge in [-0.25, -0.2) is 0 Å². The minimum Gasteiger partial charge on any atom is -0.352 e. The van der Waals surface area contributed by atoms with E-state index in [1.54, 1.807) is 0 Å². The van der Waals surface area contributed by atoms with Crippen LogP contribution in [0.25, 0.3) is 0 Å². The van der Waals surface area contributed by atoms with Crippen LogP contribution in [-0.4, -0.2) is 11.9 Å². The number of nitrogens with zero attached hydrogens (tertiary/aromatic N) is 1. The standard InChI is InChI=1S/C7H9N.C2H6/c1-7-5-3-4-6-8(7)2;1-2/h3-6H,1H2,2H3;1-2H3. The molecule has 0 aromatic carbocycles. The van der Waals surface area contributed by atoms with Crippen LogP contribution in [0.1, 0.15) is 13.8 Å². The lowest BCUT2D eigenvalue weighted by Gasteiger charge is -2.15. The maximum absolute atomic E-state index is 3.78. The summed E-state index contributed by atoms with van der Waals surface area (Å²) in [4.78, 5) is 1.97. The molecule has 56 valence electrons. The van der Waals surface area contributed by atoms with Crippen molar-refractivity contribution in [1.82, 2.24) is 4.90 Å².